The van der Waals surface area contributed by atoms with Gasteiger partial charge in [0.25, 0.3) is 0 Å². The zero-order valence-electron chi connectivity index (χ0n) is 9.80. The van der Waals surface area contributed by atoms with Crippen molar-refractivity contribution in [3.05, 3.63) is 18.1 Å². The number of aromatic nitrogens is 2. The van der Waals surface area contributed by atoms with E-state index >= 15 is 0 Å². The van der Waals surface area contributed by atoms with Crippen molar-refractivity contribution < 1.29 is 5.11 Å². The lowest BCUT2D eigenvalue weighted by Crippen LogP contribution is -2.39. The molecule has 0 radical (unpaired) electrons. The van der Waals surface area contributed by atoms with Crippen molar-refractivity contribution in [3.8, 4) is 6.07 Å². The maximum absolute atomic E-state index is 9.74. The van der Waals surface area contributed by atoms with Gasteiger partial charge < -0.3 is 10.0 Å². The molecule has 1 aromatic rings. The van der Waals surface area contributed by atoms with Crippen LogP contribution >= 0.6 is 0 Å². The monoisotopic (exact) mass is 220 g/mol. The van der Waals surface area contributed by atoms with Gasteiger partial charge in [0.05, 0.1) is 18.0 Å². The van der Waals surface area contributed by atoms with Gasteiger partial charge in [-0.05, 0) is 20.8 Å². The average Bonchev–Trinajstić information content (AvgIpc) is 2.25. The van der Waals surface area contributed by atoms with E-state index < -0.39 is 5.60 Å². The van der Waals surface area contributed by atoms with Crippen molar-refractivity contribution in [3.63, 3.8) is 0 Å². The van der Waals surface area contributed by atoms with Crippen molar-refractivity contribution in [2.45, 2.75) is 26.4 Å². The topological polar surface area (TPSA) is 73.0 Å². The normalized spacial score (nSPS) is 10.9. The first-order valence-electron chi connectivity index (χ1n) is 5.15. The number of nitriles is 1. The van der Waals surface area contributed by atoms with Gasteiger partial charge in [0, 0.05) is 13.1 Å². The summed E-state index contributed by atoms with van der Waals surface area (Å²) < 4.78 is 0. The summed E-state index contributed by atoms with van der Waals surface area (Å²) in [7, 11) is 0. The minimum atomic E-state index is -0.786. The molecule has 1 N–H and O–H groups in total. The van der Waals surface area contributed by atoms with E-state index in [4.69, 9.17) is 5.26 Å². The Kier molecular flexibility index (Phi) is 3.80. The third-order valence-corrected chi connectivity index (χ3v) is 2.04. The van der Waals surface area contributed by atoms with Crippen LogP contribution in [0.2, 0.25) is 0 Å². The standard InChI is InChI=1S/C11H16N4O/c1-4-15(8-11(2,3)16)10-7-13-9(5-12)6-14-10/h6-7,16H,4,8H2,1-3H3. The molecule has 0 aliphatic rings. The van der Waals surface area contributed by atoms with Crippen molar-refractivity contribution in [1.29, 1.82) is 5.26 Å². The van der Waals surface area contributed by atoms with Crippen molar-refractivity contribution >= 4 is 5.82 Å². The van der Waals surface area contributed by atoms with Gasteiger partial charge >= 0.3 is 0 Å². The Balaban J connectivity index is 2.84. The van der Waals surface area contributed by atoms with Crippen LogP contribution < -0.4 is 4.90 Å². The van der Waals surface area contributed by atoms with Gasteiger partial charge in [0.15, 0.2) is 5.69 Å². The van der Waals surface area contributed by atoms with Crippen LogP contribution in [0.5, 0.6) is 0 Å². The highest BCUT2D eigenvalue weighted by atomic mass is 16.3. The van der Waals surface area contributed by atoms with E-state index in [9.17, 15) is 5.11 Å². The molecule has 0 atom stereocenters. The first-order valence-corrected chi connectivity index (χ1v) is 5.15. The average molecular weight is 220 g/mol. The zero-order chi connectivity index (χ0) is 12.2. The van der Waals surface area contributed by atoms with Gasteiger partial charge in [-0.3, -0.25) is 0 Å². The summed E-state index contributed by atoms with van der Waals surface area (Å²) in [6.07, 6.45) is 2.98. The van der Waals surface area contributed by atoms with Gasteiger partial charge in [-0.15, -0.1) is 0 Å². The number of rotatable bonds is 4. The molecule has 1 aromatic heterocycles. The van der Waals surface area contributed by atoms with Crippen LogP contribution in [0, 0.1) is 11.3 Å². The summed E-state index contributed by atoms with van der Waals surface area (Å²) in [4.78, 5) is 9.99. The number of hydrogen-bond donors (Lipinski definition) is 1. The molecule has 0 saturated heterocycles. The lowest BCUT2D eigenvalue weighted by Gasteiger charge is -2.28. The highest BCUT2D eigenvalue weighted by Gasteiger charge is 2.18. The summed E-state index contributed by atoms with van der Waals surface area (Å²) in [6.45, 7) is 6.67. The minimum absolute atomic E-state index is 0.295. The largest absolute Gasteiger partial charge is 0.389 e. The third kappa shape index (κ3) is 3.48. The molecular formula is C11H16N4O. The Bertz CT molecular complexity index is 374. The fourth-order valence-corrected chi connectivity index (χ4v) is 1.36. The second-order valence-electron chi connectivity index (χ2n) is 4.20. The lowest BCUT2D eigenvalue weighted by atomic mass is 10.1. The van der Waals surface area contributed by atoms with Gasteiger partial charge in [0.2, 0.25) is 0 Å². The van der Waals surface area contributed by atoms with Crippen molar-refractivity contribution in [2.24, 2.45) is 0 Å². The Morgan fingerprint density at radius 2 is 2.12 bits per heavy atom. The number of nitrogens with zero attached hydrogens (tertiary/aromatic N) is 4. The van der Waals surface area contributed by atoms with Crippen LogP contribution in [-0.2, 0) is 0 Å². The Hall–Kier alpha value is -1.67. The molecule has 1 heterocycles. The van der Waals surface area contributed by atoms with Crippen LogP contribution in [0.3, 0.4) is 0 Å². The minimum Gasteiger partial charge on any atom is -0.389 e. The lowest BCUT2D eigenvalue weighted by molar-refractivity contribution is 0.0874. The van der Waals surface area contributed by atoms with E-state index in [0.29, 0.717) is 18.1 Å². The van der Waals surface area contributed by atoms with E-state index in [0.717, 1.165) is 6.54 Å². The van der Waals surface area contributed by atoms with E-state index in [1.54, 1.807) is 20.0 Å². The van der Waals surface area contributed by atoms with Crippen molar-refractivity contribution in [1.82, 2.24) is 9.97 Å². The molecule has 86 valence electrons. The van der Waals surface area contributed by atoms with Gasteiger partial charge in [0.1, 0.15) is 11.9 Å². The van der Waals surface area contributed by atoms with E-state index in [1.165, 1.54) is 6.20 Å². The molecule has 0 aliphatic carbocycles. The van der Waals surface area contributed by atoms with Crippen LogP contribution in [0.25, 0.3) is 0 Å². The molecular weight excluding hydrogens is 204 g/mol. The predicted molar refractivity (Wildman–Crippen MR) is 60.9 cm³/mol. The summed E-state index contributed by atoms with van der Waals surface area (Å²) in [5, 5.41) is 18.3. The second kappa shape index (κ2) is 4.90. The van der Waals surface area contributed by atoms with Crippen molar-refractivity contribution in [2.75, 3.05) is 18.0 Å². The number of aliphatic hydroxyl groups is 1. The van der Waals surface area contributed by atoms with Crippen LogP contribution in [0.4, 0.5) is 5.82 Å². The summed E-state index contributed by atoms with van der Waals surface area (Å²) in [5.41, 5.74) is -0.492. The van der Waals surface area contributed by atoms with E-state index in [2.05, 4.69) is 9.97 Å². The molecule has 16 heavy (non-hydrogen) atoms. The number of likely N-dealkylation sites (N-methyl/N-ethyl adjacent to an activating group) is 1. The molecule has 0 fully saturated rings. The zero-order valence-corrected chi connectivity index (χ0v) is 9.80. The molecule has 0 unspecified atom stereocenters. The maximum atomic E-state index is 9.74. The molecule has 0 bridgehead atoms. The highest BCUT2D eigenvalue weighted by molar-refractivity contribution is 5.37. The fourth-order valence-electron chi connectivity index (χ4n) is 1.36. The summed E-state index contributed by atoms with van der Waals surface area (Å²) >= 11 is 0. The van der Waals surface area contributed by atoms with Gasteiger partial charge in [-0.2, -0.15) is 5.26 Å². The van der Waals surface area contributed by atoms with Gasteiger partial charge in [-0.25, -0.2) is 9.97 Å². The van der Waals surface area contributed by atoms with Crippen LogP contribution in [0.1, 0.15) is 26.5 Å². The smallest absolute Gasteiger partial charge is 0.158 e. The first-order chi connectivity index (χ1) is 7.46. The SMILES string of the molecule is CCN(CC(C)(C)O)c1cnc(C#N)cn1. The number of anilines is 1. The Morgan fingerprint density at radius 3 is 2.50 bits per heavy atom. The molecule has 5 nitrogen and oxygen atoms in total. The van der Waals surface area contributed by atoms with E-state index in [1.807, 2.05) is 17.9 Å². The Morgan fingerprint density at radius 1 is 1.44 bits per heavy atom. The quantitative estimate of drug-likeness (QED) is 0.817. The van der Waals surface area contributed by atoms with Gasteiger partial charge in [-0.1, -0.05) is 0 Å². The summed E-state index contributed by atoms with van der Waals surface area (Å²) in [6, 6.07) is 1.92. The molecule has 1 rings (SSSR count). The van der Waals surface area contributed by atoms with E-state index in [-0.39, 0.29) is 0 Å². The third-order valence-electron chi connectivity index (χ3n) is 2.04. The fraction of sp³-hybridized carbons (Fsp3) is 0.545. The van der Waals surface area contributed by atoms with Crippen LogP contribution in [-0.4, -0.2) is 33.8 Å². The second-order valence-corrected chi connectivity index (χ2v) is 4.20. The highest BCUT2D eigenvalue weighted by Crippen LogP contribution is 2.13. The molecule has 0 saturated carbocycles. The van der Waals surface area contributed by atoms with Crippen LogP contribution in [0.15, 0.2) is 12.4 Å². The molecule has 0 amide bonds. The predicted octanol–water partition coefficient (Wildman–Crippen LogP) is 0.945. The number of hydrogen-bond acceptors (Lipinski definition) is 5. The summed E-state index contributed by atoms with van der Waals surface area (Å²) in [5.74, 6) is 0.670. The molecule has 0 spiro atoms. The molecule has 0 aliphatic heterocycles. The maximum Gasteiger partial charge on any atom is 0.158 e. The Labute approximate surface area is 95.4 Å². The molecule has 0 aromatic carbocycles. The first kappa shape index (κ1) is 12.4. The molecule has 5 heteroatoms.